The number of halogens is 2. The van der Waals surface area contributed by atoms with Gasteiger partial charge in [-0.05, 0) is 24.3 Å². The number of aromatic nitrogens is 1. The van der Waals surface area contributed by atoms with Gasteiger partial charge in [-0.2, -0.15) is 0 Å². The SMILES string of the molecule is O=C(/C=C/c1c(Cl)cccc1Cl)N1CCN(c2ccc([N+](=O)[O-])cn2)CC1. The van der Waals surface area contributed by atoms with Gasteiger partial charge in [-0.3, -0.25) is 14.9 Å². The largest absolute Gasteiger partial charge is 0.353 e. The van der Waals surface area contributed by atoms with Crippen molar-refractivity contribution in [1.29, 1.82) is 0 Å². The average Bonchev–Trinajstić information content (AvgIpc) is 2.67. The summed E-state index contributed by atoms with van der Waals surface area (Å²) >= 11 is 12.2. The van der Waals surface area contributed by atoms with Crippen molar-refractivity contribution in [2.24, 2.45) is 0 Å². The van der Waals surface area contributed by atoms with Gasteiger partial charge in [0.15, 0.2) is 0 Å². The third-order valence-electron chi connectivity index (χ3n) is 4.25. The van der Waals surface area contributed by atoms with Crippen LogP contribution in [0, 0.1) is 10.1 Å². The number of piperazine rings is 1. The molecule has 0 bridgehead atoms. The molecule has 2 aromatic rings. The molecule has 0 N–H and O–H groups in total. The minimum atomic E-state index is -0.481. The number of nitrogens with zero attached hydrogens (tertiary/aromatic N) is 4. The van der Waals surface area contributed by atoms with E-state index in [4.69, 9.17) is 23.2 Å². The van der Waals surface area contributed by atoms with E-state index in [1.54, 1.807) is 35.2 Å². The molecule has 1 amide bonds. The fraction of sp³-hybridized carbons (Fsp3) is 0.222. The Morgan fingerprint density at radius 3 is 2.33 bits per heavy atom. The first-order valence-corrected chi connectivity index (χ1v) is 8.97. The number of hydrogen-bond acceptors (Lipinski definition) is 5. The molecular weight excluding hydrogens is 391 g/mol. The fourth-order valence-electron chi connectivity index (χ4n) is 2.76. The molecule has 1 aromatic heterocycles. The van der Waals surface area contributed by atoms with Crippen molar-refractivity contribution >= 4 is 46.7 Å². The van der Waals surface area contributed by atoms with Gasteiger partial charge in [0.25, 0.3) is 5.69 Å². The lowest BCUT2D eigenvalue weighted by Crippen LogP contribution is -2.48. The van der Waals surface area contributed by atoms with Crippen LogP contribution in [0.2, 0.25) is 10.0 Å². The van der Waals surface area contributed by atoms with Crippen LogP contribution in [-0.4, -0.2) is 46.9 Å². The van der Waals surface area contributed by atoms with Crippen LogP contribution in [0.5, 0.6) is 0 Å². The first-order valence-electron chi connectivity index (χ1n) is 8.22. The number of carbonyl (C=O) groups is 1. The lowest BCUT2D eigenvalue weighted by atomic mass is 10.2. The third kappa shape index (κ3) is 4.56. The monoisotopic (exact) mass is 406 g/mol. The maximum absolute atomic E-state index is 12.4. The van der Waals surface area contributed by atoms with Gasteiger partial charge in [-0.15, -0.1) is 0 Å². The molecule has 1 fully saturated rings. The summed E-state index contributed by atoms with van der Waals surface area (Å²) in [4.78, 5) is 30.5. The molecular formula is C18H16Cl2N4O3. The molecule has 7 nitrogen and oxygen atoms in total. The van der Waals surface area contributed by atoms with Crippen molar-refractivity contribution in [2.75, 3.05) is 31.1 Å². The first-order chi connectivity index (χ1) is 13.0. The molecule has 9 heteroatoms. The van der Waals surface area contributed by atoms with E-state index in [1.165, 1.54) is 18.3 Å². The Labute approximate surface area is 166 Å². The molecule has 0 unspecified atom stereocenters. The molecule has 0 spiro atoms. The third-order valence-corrected chi connectivity index (χ3v) is 4.91. The second-order valence-corrected chi connectivity index (χ2v) is 6.73. The Morgan fingerprint density at radius 1 is 1.11 bits per heavy atom. The summed E-state index contributed by atoms with van der Waals surface area (Å²) in [5, 5.41) is 11.7. The molecule has 0 aliphatic carbocycles. The van der Waals surface area contributed by atoms with Gasteiger partial charge in [0.1, 0.15) is 12.0 Å². The molecule has 0 saturated carbocycles. The van der Waals surface area contributed by atoms with Gasteiger partial charge in [0, 0.05) is 53.9 Å². The van der Waals surface area contributed by atoms with E-state index in [0.29, 0.717) is 47.6 Å². The minimum absolute atomic E-state index is 0.0454. The highest BCUT2D eigenvalue weighted by Crippen LogP contribution is 2.25. The highest BCUT2D eigenvalue weighted by molar-refractivity contribution is 6.37. The van der Waals surface area contributed by atoms with Gasteiger partial charge < -0.3 is 9.80 Å². The summed E-state index contributed by atoms with van der Waals surface area (Å²) in [6.45, 7) is 2.24. The predicted octanol–water partition coefficient (Wildman–Crippen LogP) is 3.66. The highest BCUT2D eigenvalue weighted by Gasteiger charge is 2.21. The van der Waals surface area contributed by atoms with E-state index in [9.17, 15) is 14.9 Å². The summed E-state index contributed by atoms with van der Waals surface area (Å²) in [5.41, 5.74) is 0.568. The van der Waals surface area contributed by atoms with E-state index >= 15 is 0 Å². The summed E-state index contributed by atoms with van der Waals surface area (Å²) in [7, 11) is 0. The van der Waals surface area contributed by atoms with Crippen LogP contribution in [0.4, 0.5) is 11.5 Å². The summed E-state index contributed by atoms with van der Waals surface area (Å²) < 4.78 is 0. The lowest BCUT2D eigenvalue weighted by Gasteiger charge is -2.34. The number of carbonyl (C=O) groups excluding carboxylic acids is 1. The molecule has 0 radical (unpaired) electrons. The summed E-state index contributed by atoms with van der Waals surface area (Å²) in [5.74, 6) is 0.536. The number of amides is 1. The van der Waals surface area contributed by atoms with E-state index in [0.717, 1.165) is 0 Å². The molecule has 3 rings (SSSR count). The number of benzene rings is 1. The summed E-state index contributed by atoms with van der Waals surface area (Å²) in [6.07, 6.45) is 4.33. The van der Waals surface area contributed by atoms with Gasteiger partial charge in [0.2, 0.25) is 5.91 Å². The van der Waals surface area contributed by atoms with Crippen molar-refractivity contribution in [3.8, 4) is 0 Å². The molecule has 140 valence electrons. The first kappa shape index (κ1) is 19.1. The minimum Gasteiger partial charge on any atom is -0.353 e. The van der Waals surface area contributed by atoms with Crippen LogP contribution in [0.1, 0.15) is 5.56 Å². The second-order valence-electron chi connectivity index (χ2n) is 5.91. The maximum atomic E-state index is 12.4. The highest BCUT2D eigenvalue weighted by atomic mass is 35.5. The molecule has 1 saturated heterocycles. The van der Waals surface area contributed by atoms with Gasteiger partial charge in [0.05, 0.1) is 4.92 Å². The molecule has 2 heterocycles. The van der Waals surface area contributed by atoms with Gasteiger partial charge in [-0.25, -0.2) is 4.98 Å². The predicted molar refractivity (Wildman–Crippen MR) is 105 cm³/mol. The Kier molecular flexibility index (Phi) is 5.93. The topological polar surface area (TPSA) is 79.6 Å². The zero-order valence-corrected chi connectivity index (χ0v) is 15.7. The van der Waals surface area contributed by atoms with Crippen LogP contribution in [0.25, 0.3) is 6.08 Å². The van der Waals surface area contributed by atoms with Crippen LogP contribution in [-0.2, 0) is 4.79 Å². The molecule has 1 aliphatic rings. The van der Waals surface area contributed by atoms with Crippen molar-refractivity contribution in [1.82, 2.24) is 9.88 Å². The zero-order chi connectivity index (χ0) is 19.4. The Morgan fingerprint density at radius 2 is 1.78 bits per heavy atom. The smallest absolute Gasteiger partial charge is 0.287 e. The van der Waals surface area contributed by atoms with Crippen molar-refractivity contribution in [2.45, 2.75) is 0 Å². The van der Waals surface area contributed by atoms with Crippen LogP contribution in [0.3, 0.4) is 0 Å². The van der Waals surface area contributed by atoms with E-state index in [2.05, 4.69) is 4.98 Å². The second kappa shape index (κ2) is 8.37. The van der Waals surface area contributed by atoms with E-state index in [1.807, 2.05) is 4.90 Å². The molecule has 0 atom stereocenters. The van der Waals surface area contributed by atoms with Gasteiger partial charge >= 0.3 is 0 Å². The van der Waals surface area contributed by atoms with Crippen LogP contribution < -0.4 is 4.90 Å². The Balaban J connectivity index is 1.59. The zero-order valence-electron chi connectivity index (χ0n) is 14.2. The number of rotatable bonds is 4. The van der Waals surface area contributed by atoms with E-state index in [-0.39, 0.29) is 11.6 Å². The molecule has 1 aromatic carbocycles. The Bertz CT molecular complexity index is 858. The number of anilines is 1. The van der Waals surface area contributed by atoms with Crippen molar-refractivity contribution in [3.63, 3.8) is 0 Å². The van der Waals surface area contributed by atoms with Crippen molar-refractivity contribution < 1.29 is 9.72 Å². The van der Waals surface area contributed by atoms with Crippen molar-refractivity contribution in [3.05, 3.63) is 68.3 Å². The van der Waals surface area contributed by atoms with Gasteiger partial charge in [-0.1, -0.05) is 29.3 Å². The fourth-order valence-corrected chi connectivity index (χ4v) is 3.28. The average molecular weight is 407 g/mol. The standard InChI is InChI=1S/C18H16Cl2N4O3/c19-15-2-1-3-16(20)14(15)5-7-18(25)23-10-8-22(9-11-23)17-6-4-13(12-21-17)24(26)27/h1-7,12H,8-11H2/b7-5+. The van der Waals surface area contributed by atoms with Crippen LogP contribution >= 0.6 is 23.2 Å². The number of pyridine rings is 1. The van der Waals surface area contributed by atoms with Crippen LogP contribution in [0.15, 0.2) is 42.6 Å². The molecule has 1 aliphatic heterocycles. The number of nitro groups is 1. The summed E-state index contributed by atoms with van der Waals surface area (Å²) in [6, 6.07) is 8.22. The normalized spacial score (nSPS) is 14.6. The lowest BCUT2D eigenvalue weighted by molar-refractivity contribution is -0.385. The number of hydrogen-bond donors (Lipinski definition) is 0. The maximum Gasteiger partial charge on any atom is 0.287 e. The molecule has 27 heavy (non-hydrogen) atoms. The van der Waals surface area contributed by atoms with E-state index < -0.39 is 4.92 Å². The Hall–Kier alpha value is -2.64. The quantitative estimate of drug-likeness (QED) is 0.439.